The quantitative estimate of drug-likeness (QED) is 0.123. The SMILES string of the molecule is CC(C)CCOc1cc(C(=O)C[n+]2cn(CCC(C)C)c3ccccc32)c(OCCC(C)C)c2ccccc12. The van der Waals surface area contributed by atoms with Crippen molar-refractivity contribution in [3.05, 3.63) is 66.5 Å². The molecular formula is C34H45N2O3+. The molecule has 0 N–H and O–H groups in total. The number of imidazole rings is 1. The van der Waals surface area contributed by atoms with Gasteiger partial charge in [-0.1, -0.05) is 77.9 Å². The lowest BCUT2D eigenvalue weighted by Gasteiger charge is -2.18. The number of carbonyl (C=O) groups is 1. The standard InChI is InChI=1S/C34H45N2O3/c1-24(2)15-18-35-23-36(31-14-10-9-13-30(31)35)22-32(37)29-21-33(38-19-16-25(3)4)27-11-7-8-12-28(27)34(29)39-20-17-26(5)6/h7-14,21,23-26H,15-20,22H2,1-6H3/q+1. The maximum absolute atomic E-state index is 14.1. The molecule has 4 rings (SSSR count). The second-order valence-electron chi connectivity index (χ2n) is 11.9. The van der Waals surface area contributed by atoms with Gasteiger partial charge in [0.15, 0.2) is 17.6 Å². The molecule has 1 heterocycles. The predicted octanol–water partition coefficient (Wildman–Crippen LogP) is 7.86. The maximum atomic E-state index is 14.1. The van der Waals surface area contributed by atoms with Gasteiger partial charge in [-0.05, 0) is 55.2 Å². The number of nitrogens with zero attached hydrogens (tertiary/aromatic N) is 2. The molecule has 208 valence electrons. The van der Waals surface area contributed by atoms with Crippen molar-refractivity contribution < 1.29 is 18.8 Å². The van der Waals surface area contributed by atoms with Crippen LogP contribution in [0.4, 0.5) is 0 Å². The van der Waals surface area contributed by atoms with Crippen LogP contribution in [0.25, 0.3) is 21.8 Å². The number of ether oxygens (including phenoxy) is 2. The summed E-state index contributed by atoms with van der Waals surface area (Å²) in [6.45, 7) is 15.6. The number of rotatable bonds is 14. The van der Waals surface area contributed by atoms with Crippen molar-refractivity contribution in [3.63, 3.8) is 0 Å². The number of Topliss-reactive ketones (excluding diaryl/α,β-unsaturated/α-hetero) is 1. The molecule has 0 radical (unpaired) electrons. The average Bonchev–Trinajstić information content (AvgIpc) is 3.25. The third kappa shape index (κ3) is 7.20. The predicted molar refractivity (Wildman–Crippen MR) is 160 cm³/mol. The van der Waals surface area contributed by atoms with Crippen LogP contribution in [0, 0.1) is 17.8 Å². The zero-order valence-corrected chi connectivity index (χ0v) is 24.6. The molecule has 5 nitrogen and oxygen atoms in total. The first-order valence-corrected chi connectivity index (χ1v) is 14.6. The Morgan fingerprint density at radius 1 is 0.795 bits per heavy atom. The van der Waals surface area contributed by atoms with Crippen molar-refractivity contribution in [1.82, 2.24) is 4.57 Å². The molecule has 3 aromatic carbocycles. The summed E-state index contributed by atoms with van der Waals surface area (Å²) in [5.41, 5.74) is 2.80. The summed E-state index contributed by atoms with van der Waals surface area (Å²) in [4.78, 5) is 14.1. The van der Waals surface area contributed by atoms with Crippen molar-refractivity contribution in [2.75, 3.05) is 13.2 Å². The van der Waals surface area contributed by atoms with Gasteiger partial charge in [0, 0.05) is 10.8 Å². The zero-order chi connectivity index (χ0) is 27.9. The lowest BCUT2D eigenvalue weighted by Crippen LogP contribution is -2.37. The van der Waals surface area contributed by atoms with Crippen molar-refractivity contribution in [2.45, 2.75) is 73.9 Å². The molecule has 1 aromatic heterocycles. The molecule has 0 aliphatic carbocycles. The highest BCUT2D eigenvalue weighted by molar-refractivity contribution is 6.06. The topological polar surface area (TPSA) is 44.3 Å². The van der Waals surface area contributed by atoms with Crippen LogP contribution in [0.2, 0.25) is 0 Å². The van der Waals surface area contributed by atoms with Gasteiger partial charge >= 0.3 is 0 Å². The third-order valence-electron chi connectivity index (χ3n) is 7.19. The van der Waals surface area contributed by atoms with E-state index in [1.165, 1.54) is 0 Å². The fourth-order valence-corrected chi connectivity index (χ4v) is 4.78. The van der Waals surface area contributed by atoms with E-state index in [0.717, 1.165) is 53.4 Å². The first-order valence-electron chi connectivity index (χ1n) is 14.6. The number of carbonyl (C=O) groups excluding carboxylic acids is 1. The number of hydrogen-bond donors (Lipinski definition) is 0. The van der Waals surface area contributed by atoms with Crippen molar-refractivity contribution in [3.8, 4) is 11.5 Å². The smallest absolute Gasteiger partial charge is 0.245 e. The number of para-hydroxylation sites is 2. The fourth-order valence-electron chi connectivity index (χ4n) is 4.78. The number of aromatic nitrogens is 2. The van der Waals surface area contributed by atoms with Gasteiger partial charge in [0.2, 0.25) is 12.1 Å². The van der Waals surface area contributed by atoms with Crippen LogP contribution >= 0.6 is 0 Å². The summed E-state index contributed by atoms with van der Waals surface area (Å²) < 4.78 is 17.0. The Bertz CT molecular complexity index is 1400. The lowest BCUT2D eigenvalue weighted by molar-refractivity contribution is -0.658. The van der Waals surface area contributed by atoms with Gasteiger partial charge in [-0.2, -0.15) is 0 Å². The van der Waals surface area contributed by atoms with Gasteiger partial charge in [0.1, 0.15) is 11.5 Å². The Labute approximate surface area is 233 Å². The first kappa shape index (κ1) is 28.7. The molecule has 0 fully saturated rings. The first-order chi connectivity index (χ1) is 18.7. The van der Waals surface area contributed by atoms with E-state index in [2.05, 4.69) is 81.3 Å². The summed E-state index contributed by atoms with van der Waals surface area (Å²) in [5, 5.41) is 1.91. The van der Waals surface area contributed by atoms with Crippen LogP contribution in [0.15, 0.2) is 60.9 Å². The van der Waals surface area contributed by atoms with Crippen LogP contribution in [0.1, 0.15) is 71.2 Å². The monoisotopic (exact) mass is 529 g/mol. The molecule has 0 amide bonds. The molecule has 0 spiro atoms. The van der Waals surface area contributed by atoms with Gasteiger partial charge in [-0.25, -0.2) is 9.13 Å². The summed E-state index contributed by atoms with van der Waals surface area (Å²) >= 11 is 0. The number of hydrogen-bond acceptors (Lipinski definition) is 3. The molecule has 0 unspecified atom stereocenters. The Morgan fingerprint density at radius 3 is 2.10 bits per heavy atom. The molecule has 4 aromatic rings. The molecule has 0 atom stereocenters. The highest BCUT2D eigenvalue weighted by Crippen LogP contribution is 2.37. The molecule has 0 saturated carbocycles. The number of ketones is 1. The summed E-state index contributed by atoms with van der Waals surface area (Å²) in [5.74, 6) is 3.10. The number of aryl methyl sites for hydroxylation is 1. The van der Waals surface area contributed by atoms with E-state index in [4.69, 9.17) is 9.47 Å². The van der Waals surface area contributed by atoms with Crippen LogP contribution in [0.5, 0.6) is 11.5 Å². The van der Waals surface area contributed by atoms with Crippen molar-refractivity contribution in [1.29, 1.82) is 0 Å². The Hall–Kier alpha value is -3.34. The third-order valence-corrected chi connectivity index (χ3v) is 7.19. The van der Waals surface area contributed by atoms with E-state index < -0.39 is 0 Å². The molecule has 0 aliphatic heterocycles. The van der Waals surface area contributed by atoms with Crippen LogP contribution in [-0.2, 0) is 13.1 Å². The summed E-state index contributed by atoms with van der Waals surface area (Å²) in [7, 11) is 0. The van der Waals surface area contributed by atoms with E-state index in [-0.39, 0.29) is 12.3 Å². The van der Waals surface area contributed by atoms with E-state index in [0.29, 0.717) is 42.3 Å². The summed E-state index contributed by atoms with van der Waals surface area (Å²) in [6.07, 6.45) is 5.05. The van der Waals surface area contributed by atoms with Crippen molar-refractivity contribution in [2.24, 2.45) is 17.8 Å². The minimum atomic E-state index is 0.0192. The molecule has 5 heteroatoms. The fraction of sp³-hybridized carbons (Fsp3) is 0.471. The second kappa shape index (κ2) is 13.1. The van der Waals surface area contributed by atoms with E-state index >= 15 is 0 Å². The average molecular weight is 530 g/mol. The van der Waals surface area contributed by atoms with Gasteiger partial charge in [-0.3, -0.25) is 4.79 Å². The van der Waals surface area contributed by atoms with Crippen LogP contribution < -0.4 is 14.0 Å². The number of benzene rings is 3. The van der Waals surface area contributed by atoms with Crippen molar-refractivity contribution >= 4 is 27.6 Å². The summed E-state index contributed by atoms with van der Waals surface area (Å²) in [6, 6.07) is 18.3. The Morgan fingerprint density at radius 2 is 1.41 bits per heavy atom. The second-order valence-corrected chi connectivity index (χ2v) is 11.9. The Balaban J connectivity index is 1.74. The molecule has 0 bridgehead atoms. The van der Waals surface area contributed by atoms with E-state index in [1.807, 2.05) is 30.3 Å². The molecule has 0 aliphatic rings. The maximum Gasteiger partial charge on any atom is 0.245 e. The lowest BCUT2D eigenvalue weighted by atomic mass is 10.0. The molecular weight excluding hydrogens is 484 g/mol. The van der Waals surface area contributed by atoms with E-state index in [1.54, 1.807) is 0 Å². The normalized spacial score (nSPS) is 11.8. The van der Waals surface area contributed by atoms with Crippen LogP contribution in [-0.4, -0.2) is 23.6 Å². The van der Waals surface area contributed by atoms with Crippen LogP contribution in [0.3, 0.4) is 0 Å². The van der Waals surface area contributed by atoms with Gasteiger partial charge in [-0.15, -0.1) is 0 Å². The molecule has 39 heavy (non-hydrogen) atoms. The molecule has 0 saturated heterocycles. The Kier molecular flexibility index (Phi) is 9.66. The number of fused-ring (bicyclic) bond motifs is 2. The van der Waals surface area contributed by atoms with Gasteiger partial charge in [0.25, 0.3) is 0 Å². The largest absolute Gasteiger partial charge is 0.493 e. The van der Waals surface area contributed by atoms with Gasteiger partial charge < -0.3 is 9.47 Å². The van der Waals surface area contributed by atoms with E-state index in [9.17, 15) is 4.79 Å². The zero-order valence-electron chi connectivity index (χ0n) is 24.6. The highest BCUT2D eigenvalue weighted by atomic mass is 16.5. The van der Waals surface area contributed by atoms with Gasteiger partial charge in [0.05, 0.1) is 25.3 Å². The minimum absolute atomic E-state index is 0.0192. The highest BCUT2D eigenvalue weighted by Gasteiger charge is 2.24. The minimum Gasteiger partial charge on any atom is -0.493 e.